The van der Waals surface area contributed by atoms with Crippen molar-refractivity contribution in [2.45, 2.75) is 11.8 Å². The summed E-state index contributed by atoms with van der Waals surface area (Å²) >= 11 is 0. The van der Waals surface area contributed by atoms with Crippen LogP contribution in [-0.4, -0.2) is 30.6 Å². The van der Waals surface area contributed by atoms with E-state index < -0.39 is 13.0 Å². The predicted molar refractivity (Wildman–Crippen MR) is 66.5 cm³/mol. The van der Waals surface area contributed by atoms with Crippen molar-refractivity contribution >= 4 is 7.68 Å². The average Bonchev–Trinajstić information content (AvgIpc) is 2.28. The van der Waals surface area contributed by atoms with Crippen LogP contribution in [0.2, 0.25) is 0 Å². The minimum atomic E-state index is -3.05. The summed E-state index contributed by atoms with van der Waals surface area (Å²) < 4.78 is 22.6. The molecule has 18 heavy (non-hydrogen) atoms. The highest BCUT2D eigenvalue weighted by Gasteiger charge is 2.36. The molecule has 1 atom stereocenters. The molecule has 0 amide bonds. The van der Waals surface area contributed by atoms with Gasteiger partial charge in [-0.15, -0.1) is 0 Å². The lowest BCUT2D eigenvalue weighted by molar-refractivity contribution is 0.0886. The van der Waals surface area contributed by atoms with E-state index >= 15 is 0 Å². The second kappa shape index (κ2) is 5.92. The molecule has 1 unspecified atom stereocenters. The molecule has 6 heteroatoms. The highest BCUT2D eigenvalue weighted by molar-refractivity contribution is 7.32. The molecule has 1 aromatic carbocycles. The van der Waals surface area contributed by atoms with E-state index in [1.807, 2.05) is 6.07 Å². The van der Waals surface area contributed by atoms with Crippen LogP contribution in [0.3, 0.4) is 0 Å². The Labute approximate surface area is 106 Å². The van der Waals surface area contributed by atoms with Crippen molar-refractivity contribution in [2.75, 3.05) is 20.6 Å². The fourth-order valence-electron chi connectivity index (χ4n) is 1.72. The largest absolute Gasteiger partial charge is 0.370 e. The van der Waals surface area contributed by atoms with Gasteiger partial charge in [-0.05, 0) is 25.2 Å². The van der Waals surface area contributed by atoms with E-state index in [0.29, 0.717) is 11.1 Å². The lowest BCUT2D eigenvalue weighted by Gasteiger charge is -2.24. The summed E-state index contributed by atoms with van der Waals surface area (Å²) in [5.41, 5.74) is 0.976. The van der Waals surface area contributed by atoms with Gasteiger partial charge in [0.05, 0.1) is 12.5 Å². The summed E-state index contributed by atoms with van der Waals surface area (Å²) in [7, 11) is 0.322. The smallest absolute Gasteiger partial charge is 0.354 e. The van der Waals surface area contributed by atoms with Crippen molar-refractivity contribution < 1.29 is 14.2 Å². The predicted octanol–water partition coefficient (Wildman–Crippen LogP) is 1.63. The minimum absolute atomic E-state index is 0.0261. The van der Waals surface area contributed by atoms with Gasteiger partial charge in [0.2, 0.25) is 5.34 Å². The van der Waals surface area contributed by atoms with Crippen LogP contribution in [0.25, 0.3) is 0 Å². The maximum absolute atomic E-state index is 11.3. The summed E-state index contributed by atoms with van der Waals surface area (Å²) in [6.45, 7) is -0.0261. The Morgan fingerprint density at radius 2 is 2.11 bits per heavy atom. The zero-order chi connectivity index (χ0) is 13.8. The molecular formula is C12H15N2O3P. The molecule has 0 bridgehead atoms. The monoisotopic (exact) mass is 266 g/mol. The second-order valence-corrected chi connectivity index (χ2v) is 5.60. The fourth-order valence-corrected chi connectivity index (χ4v) is 2.47. The number of aliphatic hydroxyl groups is 1. The molecule has 96 valence electrons. The Bertz CT molecular complexity index is 526. The van der Waals surface area contributed by atoms with Crippen molar-refractivity contribution in [2.24, 2.45) is 0 Å². The van der Waals surface area contributed by atoms with Gasteiger partial charge in [-0.3, -0.25) is 0 Å². The van der Waals surface area contributed by atoms with Gasteiger partial charge in [0.25, 0.3) is 0 Å². The molecule has 0 aliphatic rings. The topological polar surface area (TPSA) is 81.4 Å². The minimum Gasteiger partial charge on any atom is -0.370 e. The highest BCUT2D eigenvalue weighted by atomic mass is 31.1. The molecular weight excluding hydrogens is 251 g/mol. The quantitative estimate of drug-likeness (QED) is 0.819. The van der Waals surface area contributed by atoms with E-state index in [9.17, 15) is 14.2 Å². The maximum atomic E-state index is 11.3. The number of hydrogen-bond acceptors (Lipinski definition) is 5. The Morgan fingerprint density at radius 3 is 2.61 bits per heavy atom. The molecule has 0 heterocycles. The summed E-state index contributed by atoms with van der Waals surface area (Å²) in [6.07, 6.45) is 0.182. The number of nitriles is 1. The Kier molecular flexibility index (Phi) is 4.80. The van der Waals surface area contributed by atoms with Crippen molar-refractivity contribution in [3.8, 4) is 6.07 Å². The van der Waals surface area contributed by atoms with Gasteiger partial charge < -0.3 is 10.0 Å². The van der Waals surface area contributed by atoms with E-state index in [-0.39, 0.29) is 13.0 Å². The first-order valence-electron chi connectivity index (χ1n) is 5.38. The van der Waals surface area contributed by atoms with E-state index in [2.05, 4.69) is 0 Å². The molecule has 0 saturated carbocycles. The zero-order valence-electron chi connectivity index (χ0n) is 10.3. The number of benzene rings is 1. The third-order valence-electron chi connectivity index (χ3n) is 2.51. The number of rotatable bonds is 5. The van der Waals surface area contributed by atoms with E-state index in [4.69, 9.17) is 5.26 Å². The first-order chi connectivity index (χ1) is 8.40. The second-order valence-electron chi connectivity index (χ2n) is 4.35. The molecule has 0 fully saturated rings. The van der Waals surface area contributed by atoms with Crippen molar-refractivity contribution in [3.63, 3.8) is 0 Å². The van der Waals surface area contributed by atoms with Crippen molar-refractivity contribution in [1.82, 2.24) is 4.90 Å². The van der Waals surface area contributed by atoms with Crippen LogP contribution in [0.4, 0.5) is 0 Å². The maximum Gasteiger partial charge on any atom is 0.354 e. The number of hydrogen-bond donors (Lipinski definition) is 1. The molecule has 0 radical (unpaired) electrons. The Balaban J connectivity index is 3.22. The van der Waals surface area contributed by atoms with Gasteiger partial charge in [-0.1, -0.05) is 24.3 Å². The fraction of sp³-hybridized carbons (Fsp3) is 0.417. The van der Waals surface area contributed by atoms with Crippen molar-refractivity contribution in [1.29, 1.82) is 5.26 Å². The summed E-state index contributed by atoms with van der Waals surface area (Å²) in [4.78, 5) is 1.60. The van der Waals surface area contributed by atoms with Gasteiger partial charge in [0.1, 0.15) is 0 Å². The van der Waals surface area contributed by atoms with Gasteiger partial charge in [0, 0.05) is 6.54 Å². The first-order valence-corrected chi connectivity index (χ1v) is 6.56. The number of nitrogens with zero attached hydrogens (tertiary/aromatic N) is 2. The van der Waals surface area contributed by atoms with Crippen LogP contribution < -0.4 is 0 Å². The van der Waals surface area contributed by atoms with Gasteiger partial charge in [-0.2, -0.15) is 5.26 Å². The molecule has 0 aliphatic carbocycles. The Hall–Kier alpha value is -1.47. The van der Waals surface area contributed by atoms with Crippen LogP contribution in [-0.2, 0) is 20.9 Å². The molecule has 1 rings (SSSR count). The normalized spacial score (nSPS) is 13.9. The van der Waals surface area contributed by atoms with Crippen LogP contribution in [0.5, 0.6) is 0 Å². The first kappa shape index (κ1) is 14.6. The summed E-state index contributed by atoms with van der Waals surface area (Å²) in [5.74, 6) is 0. The third kappa shape index (κ3) is 3.27. The average molecular weight is 266 g/mol. The van der Waals surface area contributed by atoms with Gasteiger partial charge >= 0.3 is 7.68 Å². The molecule has 0 saturated heterocycles. The van der Waals surface area contributed by atoms with Crippen LogP contribution in [0, 0.1) is 11.3 Å². The molecule has 0 spiro atoms. The summed E-state index contributed by atoms with van der Waals surface area (Å²) in [5, 5.41) is 17.0. The zero-order valence-corrected chi connectivity index (χ0v) is 11.2. The van der Waals surface area contributed by atoms with Crippen LogP contribution in [0.15, 0.2) is 24.3 Å². The summed E-state index contributed by atoms with van der Waals surface area (Å²) in [6, 6.07) is 8.46. The highest BCUT2D eigenvalue weighted by Crippen LogP contribution is 2.37. The SMILES string of the molecule is CN(C)CC(O)(c1cccc(CC#N)c1)P(=O)=O. The molecule has 5 nitrogen and oxygen atoms in total. The third-order valence-corrected chi connectivity index (χ3v) is 3.51. The lowest BCUT2D eigenvalue weighted by atomic mass is 10.0. The molecule has 1 aromatic rings. The number of likely N-dealkylation sites (N-methyl/N-ethyl adjacent to an activating group) is 1. The molecule has 1 N–H and O–H groups in total. The Morgan fingerprint density at radius 1 is 1.44 bits per heavy atom. The van der Waals surface area contributed by atoms with Gasteiger partial charge in [-0.25, -0.2) is 9.13 Å². The van der Waals surface area contributed by atoms with E-state index in [1.54, 1.807) is 43.3 Å². The standard InChI is InChI=1S/C12H15N2O3P/c1-14(2)9-12(15,18(16)17)11-5-3-4-10(8-11)6-7-13/h3-5,8,15H,6,9H2,1-2H3. The van der Waals surface area contributed by atoms with Crippen molar-refractivity contribution in [3.05, 3.63) is 35.4 Å². The lowest BCUT2D eigenvalue weighted by Crippen LogP contribution is -2.33. The van der Waals surface area contributed by atoms with Crippen LogP contribution in [0.1, 0.15) is 11.1 Å². The molecule has 0 aliphatic heterocycles. The van der Waals surface area contributed by atoms with Crippen LogP contribution >= 0.6 is 7.68 Å². The van der Waals surface area contributed by atoms with Gasteiger partial charge in [0.15, 0.2) is 0 Å². The molecule has 0 aromatic heterocycles. The van der Waals surface area contributed by atoms with E-state index in [0.717, 1.165) is 0 Å². The van der Waals surface area contributed by atoms with E-state index in [1.165, 1.54) is 0 Å².